The highest BCUT2D eigenvalue weighted by atomic mass is 32.1. The zero-order valence-corrected chi connectivity index (χ0v) is 12.6. The van der Waals surface area contributed by atoms with Gasteiger partial charge in [-0.25, -0.2) is 0 Å². The third kappa shape index (κ3) is 2.50. The van der Waals surface area contributed by atoms with Gasteiger partial charge >= 0.3 is 0 Å². The molecule has 1 aliphatic carbocycles. The molecule has 2 N–H and O–H groups in total. The van der Waals surface area contributed by atoms with Gasteiger partial charge in [-0.3, -0.25) is 4.79 Å². The van der Waals surface area contributed by atoms with E-state index in [1.54, 1.807) is 17.4 Å². The first-order chi connectivity index (χ1) is 9.65. The first kappa shape index (κ1) is 13.4. The van der Waals surface area contributed by atoms with Gasteiger partial charge in [0.2, 0.25) is 5.78 Å². The standard InChI is InChI=1S/C17H19NOS/c1-11-9-13(18)7-8-14(11)17(19)16-10-12-5-3-2-4-6-15(12)20-16/h7-10H,2-6,18H2,1H3. The molecule has 0 amide bonds. The summed E-state index contributed by atoms with van der Waals surface area (Å²) >= 11 is 1.68. The van der Waals surface area contributed by atoms with Crippen LogP contribution in [-0.2, 0) is 12.8 Å². The fourth-order valence-electron chi connectivity index (χ4n) is 2.85. The summed E-state index contributed by atoms with van der Waals surface area (Å²) in [7, 11) is 0. The van der Waals surface area contributed by atoms with Crippen molar-refractivity contribution in [2.75, 3.05) is 5.73 Å². The average molecular weight is 285 g/mol. The summed E-state index contributed by atoms with van der Waals surface area (Å²) in [5.74, 6) is 0.139. The van der Waals surface area contributed by atoms with Crippen LogP contribution in [0.4, 0.5) is 5.69 Å². The number of benzene rings is 1. The molecule has 3 heteroatoms. The Kier molecular flexibility index (Phi) is 3.62. The van der Waals surface area contributed by atoms with E-state index in [1.165, 1.54) is 29.7 Å². The van der Waals surface area contributed by atoms with Crippen molar-refractivity contribution in [3.8, 4) is 0 Å². The molecule has 0 saturated heterocycles. The first-order valence-corrected chi connectivity index (χ1v) is 7.99. The van der Waals surface area contributed by atoms with Gasteiger partial charge in [0.05, 0.1) is 4.88 Å². The lowest BCUT2D eigenvalue weighted by atomic mass is 10.0. The Morgan fingerprint density at radius 2 is 1.95 bits per heavy atom. The first-order valence-electron chi connectivity index (χ1n) is 7.17. The summed E-state index contributed by atoms with van der Waals surface area (Å²) in [6.45, 7) is 1.95. The van der Waals surface area contributed by atoms with Crippen LogP contribution >= 0.6 is 11.3 Å². The maximum Gasteiger partial charge on any atom is 0.203 e. The summed E-state index contributed by atoms with van der Waals surface area (Å²) in [6.07, 6.45) is 6.07. The van der Waals surface area contributed by atoms with Gasteiger partial charge in [0.25, 0.3) is 0 Å². The van der Waals surface area contributed by atoms with Crippen LogP contribution in [0.15, 0.2) is 24.3 Å². The molecule has 2 aromatic rings. The molecule has 1 heterocycles. The van der Waals surface area contributed by atoms with Crippen LogP contribution in [0.25, 0.3) is 0 Å². The van der Waals surface area contributed by atoms with E-state index in [-0.39, 0.29) is 5.78 Å². The Bertz CT molecular complexity index is 634. The topological polar surface area (TPSA) is 43.1 Å². The Labute approximate surface area is 123 Å². The number of carbonyl (C=O) groups is 1. The Hall–Kier alpha value is -1.61. The van der Waals surface area contributed by atoms with Crippen LogP contribution < -0.4 is 5.73 Å². The van der Waals surface area contributed by atoms with Crippen LogP contribution in [0.5, 0.6) is 0 Å². The molecule has 1 aromatic carbocycles. The predicted molar refractivity (Wildman–Crippen MR) is 84.6 cm³/mol. The number of ketones is 1. The number of aryl methyl sites for hydroxylation is 3. The quantitative estimate of drug-likeness (QED) is 0.512. The number of rotatable bonds is 2. The summed E-state index contributed by atoms with van der Waals surface area (Å²) in [5, 5.41) is 0. The molecule has 0 spiro atoms. The molecule has 0 fully saturated rings. The van der Waals surface area contributed by atoms with E-state index in [2.05, 4.69) is 6.07 Å². The number of nitrogens with two attached hydrogens (primary N) is 1. The van der Waals surface area contributed by atoms with Crippen molar-refractivity contribution in [2.24, 2.45) is 0 Å². The minimum Gasteiger partial charge on any atom is -0.399 e. The number of nitrogen functional groups attached to an aromatic ring is 1. The Morgan fingerprint density at radius 1 is 1.15 bits per heavy atom. The van der Waals surface area contributed by atoms with E-state index in [0.717, 1.165) is 28.8 Å². The SMILES string of the molecule is Cc1cc(N)ccc1C(=O)c1cc2c(s1)CCCCC2. The van der Waals surface area contributed by atoms with Gasteiger partial charge < -0.3 is 5.73 Å². The largest absolute Gasteiger partial charge is 0.399 e. The molecule has 1 aromatic heterocycles. The van der Waals surface area contributed by atoms with Crippen molar-refractivity contribution < 1.29 is 4.79 Å². The second-order valence-electron chi connectivity index (χ2n) is 5.52. The van der Waals surface area contributed by atoms with E-state index in [9.17, 15) is 4.79 Å². The summed E-state index contributed by atoms with van der Waals surface area (Å²) in [4.78, 5) is 14.9. The van der Waals surface area contributed by atoms with Crippen LogP contribution in [0.1, 0.15) is 50.5 Å². The number of carbonyl (C=O) groups excluding carboxylic acids is 1. The lowest BCUT2D eigenvalue weighted by Crippen LogP contribution is -2.02. The fourth-order valence-corrected chi connectivity index (χ4v) is 4.06. The van der Waals surface area contributed by atoms with Crippen molar-refractivity contribution in [2.45, 2.75) is 39.0 Å². The van der Waals surface area contributed by atoms with Gasteiger partial charge in [-0.2, -0.15) is 0 Å². The van der Waals surface area contributed by atoms with E-state index in [0.29, 0.717) is 5.69 Å². The summed E-state index contributed by atoms with van der Waals surface area (Å²) in [6, 6.07) is 7.63. The molecule has 0 atom stereocenters. The molecule has 0 radical (unpaired) electrons. The molecule has 0 unspecified atom stereocenters. The monoisotopic (exact) mass is 285 g/mol. The normalized spacial score (nSPS) is 14.7. The molecule has 0 aliphatic heterocycles. The van der Waals surface area contributed by atoms with Gasteiger partial charge in [0.15, 0.2) is 0 Å². The van der Waals surface area contributed by atoms with E-state index in [1.807, 2.05) is 19.1 Å². The van der Waals surface area contributed by atoms with Gasteiger partial charge in [-0.05, 0) is 68.0 Å². The molecule has 0 bridgehead atoms. The summed E-state index contributed by atoms with van der Waals surface area (Å²) < 4.78 is 0. The highest BCUT2D eigenvalue weighted by Crippen LogP contribution is 2.31. The molecular weight excluding hydrogens is 266 g/mol. The van der Waals surface area contributed by atoms with E-state index >= 15 is 0 Å². The number of fused-ring (bicyclic) bond motifs is 1. The molecule has 20 heavy (non-hydrogen) atoms. The van der Waals surface area contributed by atoms with Crippen molar-refractivity contribution in [1.82, 2.24) is 0 Å². The fraction of sp³-hybridized carbons (Fsp3) is 0.353. The van der Waals surface area contributed by atoms with E-state index in [4.69, 9.17) is 5.73 Å². The highest BCUT2D eigenvalue weighted by Gasteiger charge is 2.18. The molecular formula is C17H19NOS. The predicted octanol–water partition coefficient (Wildman–Crippen LogP) is 4.14. The van der Waals surface area contributed by atoms with Gasteiger partial charge in [0, 0.05) is 16.1 Å². The Morgan fingerprint density at radius 3 is 2.75 bits per heavy atom. The third-order valence-electron chi connectivity index (χ3n) is 3.97. The van der Waals surface area contributed by atoms with Crippen LogP contribution in [0, 0.1) is 6.92 Å². The summed E-state index contributed by atoms with van der Waals surface area (Å²) in [5.41, 5.74) is 9.59. The van der Waals surface area contributed by atoms with Crippen molar-refractivity contribution >= 4 is 22.8 Å². The molecule has 2 nitrogen and oxygen atoms in total. The number of anilines is 1. The average Bonchev–Trinajstić information content (AvgIpc) is 2.69. The van der Waals surface area contributed by atoms with Gasteiger partial charge in [-0.15, -0.1) is 11.3 Å². The lowest BCUT2D eigenvalue weighted by molar-refractivity contribution is 0.104. The Balaban J connectivity index is 1.94. The number of thiophene rings is 1. The molecule has 0 saturated carbocycles. The molecule has 104 valence electrons. The minimum atomic E-state index is 0.139. The zero-order valence-electron chi connectivity index (χ0n) is 11.7. The van der Waals surface area contributed by atoms with Gasteiger partial charge in [-0.1, -0.05) is 6.42 Å². The maximum absolute atomic E-state index is 12.7. The van der Waals surface area contributed by atoms with Crippen molar-refractivity contribution in [3.05, 3.63) is 50.7 Å². The van der Waals surface area contributed by atoms with Crippen molar-refractivity contribution in [1.29, 1.82) is 0 Å². The van der Waals surface area contributed by atoms with Gasteiger partial charge in [0.1, 0.15) is 0 Å². The molecule has 3 rings (SSSR count). The maximum atomic E-state index is 12.7. The second kappa shape index (κ2) is 5.41. The lowest BCUT2D eigenvalue weighted by Gasteiger charge is -2.04. The molecule has 1 aliphatic rings. The third-order valence-corrected chi connectivity index (χ3v) is 5.20. The van der Waals surface area contributed by atoms with Crippen LogP contribution in [-0.4, -0.2) is 5.78 Å². The van der Waals surface area contributed by atoms with E-state index < -0.39 is 0 Å². The second-order valence-corrected chi connectivity index (χ2v) is 6.66. The van der Waals surface area contributed by atoms with Crippen molar-refractivity contribution in [3.63, 3.8) is 0 Å². The smallest absolute Gasteiger partial charge is 0.203 e. The highest BCUT2D eigenvalue weighted by molar-refractivity contribution is 7.14. The van der Waals surface area contributed by atoms with Crippen LogP contribution in [0.3, 0.4) is 0 Å². The minimum absolute atomic E-state index is 0.139. The number of hydrogen-bond donors (Lipinski definition) is 1. The number of hydrogen-bond acceptors (Lipinski definition) is 3. The zero-order chi connectivity index (χ0) is 14.1. The van der Waals surface area contributed by atoms with Crippen LogP contribution in [0.2, 0.25) is 0 Å².